The van der Waals surface area contributed by atoms with Gasteiger partial charge < -0.3 is 9.84 Å². The Hall–Kier alpha value is -1.55. The second-order valence-electron chi connectivity index (χ2n) is 3.52. The van der Waals surface area contributed by atoms with Crippen molar-refractivity contribution in [1.29, 1.82) is 0 Å². The van der Waals surface area contributed by atoms with E-state index in [0.717, 1.165) is 5.56 Å². The lowest BCUT2D eigenvalue weighted by atomic mass is 10.2. The van der Waals surface area contributed by atoms with Gasteiger partial charge in [-0.1, -0.05) is 28.1 Å². The van der Waals surface area contributed by atoms with Gasteiger partial charge in [-0.15, -0.1) is 0 Å². The number of halogens is 2. The molecule has 1 N–H and O–H groups in total. The number of hydrogen-bond acceptors (Lipinski definition) is 2. The Labute approximate surface area is 107 Å². The first-order chi connectivity index (χ1) is 8.15. The van der Waals surface area contributed by atoms with Crippen LogP contribution >= 0.6 is 15.9 Å². The maximum absolute atomic E-state index is 12.9. The summed E-state index contributed by atoms with van der Waals surface area (Å²) in [6.45, 7) is 0.310. The monoisotopic (exact) mass is 296 g/mol. The summed E-state index contributed by atoms with van der Waals surface area (Å²) >= 11 is 3.27. The average Bonchev–Trinajstić information content (AvgIpc) is 2.28. The normalized spacial score (nSPS) is 10.2. The van der Waals surface area contributed by atoms with Crippen molar-refractivity contribution in [1.82, 2.24) is 0 Å². The van der Waals surface area contributed by atoms with Crippen LogP contribution in [0.2, 0.25) is 0 Å². The van der Waals surface area contributed by atoms with E-state index in [4.69, 9.17) is 4.74 Å². The molecule has 0 aromatic heterocycles. The van der Waals surface area contributed by atoms with Crippen LogP contribution in [0.1, 0.15) is 5.56 Å². The standard InChI is InChI=1S/C13H10BrFO2/c14-13-6-10(15)5-4-9(13)8-17-12-3-1-2-11(16)7-12/h1-7,16H,8H2. The molecule has 0 heterocycles. The second-order valence-corrected chi connectivity index (χ2v) is 4.38. The fourth-order valence-electron chi connectivity index (χ4n) is 1.37. The highest BCUT2D eigenvalue weighted by molar-refractivity contribution is 9.10. The van der Waals surface area contributed by atoms with Crippen LogP contribution in [0, 0.1) is 5.82 Å². The van der Waals surface area contributed by atoms with Crippen molar-refractivity contribution < 1.29 is 14.2 Å². The molecule has 0 atom stereocenters. The maximum atomic E-state index is 12.9. The third-order valence-electron chi connectivity index (χ3n) is 2.23. The minimum absolute atomic E-state index is 0.153. The molecule has 17 heavy (non-hydrogen) atoms. The van der Waals surface area contributed by atoms with Gasteiger partial charge in [0.05, 0.1) is 0 Å². The van der Waals surface area contributed by atoms with Gasteiger partial charge in [0.1, 0.15) is 23.9 Å². The maximum Gasteiger partial charge on any atom is 0.124 e. The molecule has 0 aliphatic rings. The quantitative estimate of drug-likeness (QED) is 0.931. The van der Waals surface area contributed by atoms with E-state index in [1.165, 1.54) is 18.2 Å². The number of ether oxygens (including phenoxy) is 1. The van der Waals surface area contributed by atoms with Crippen LogP contribution in [0.3, 0.4) is 0 Å². The topological polar surface area (TPSA) is 29.5 Å². The van der Waals surface area contributed by atoms with Crippen molar-refractivity contribution in [3.63, 3.8) is 0 Å². The van der Waals surface area contributed by atoms with E-state index < -0.39 is 0 Å². The molecule has 0 unspecified atom stereocenters. The van der Waals surface area contributed by atoms with Gasteiger partial charge in [0.25, 0.3) is 0 Å². The van der Waals surface area contributed by atoms with E-state index in [-0.39, 0.29) is 11.6 Å². The lowest BCUT2D eigenvalue weighted by molar-refractivity contribution is 0.303. The zero-order valence-electron chi connectivity index (χ0n) is 8.86. The average molecular weight is 297 g/mol. The van der Waals surface area contributed by atoms with Crippen molar-refractivity contribution in [2.45, 2.75) is 6.61 Å². The first-order valence-electron chi connectivity index (χ1n) is 5.01. The zero-order valence-corrected chi connectivity index (χ0v) is 10.4. The van der Waals surface area contributed by atoms with Gasteiger partial charge in [-0.25, -0.2) is 4.39 Å². The van der Waals surface area contributed by atoms with Crippen LogP contribution in [0.15, 0.2) is 46.9 Å². The number of hydrogen-bond donors (Lipinski definition) is 1. The zero-order chi connectivity index (χ0) is 12.3. The molecule has 4 heteroatoms. The minimum Gasteiger partial charge on any atom is -0.508 e. The molecule has 0 amide bonds. The van der Waals surface area contributed by atoms with E-state index in [1.807, 2.05) is 0 Å². The number of aromatic hydroxyl groups is 1. The fraction of sp³-hybridized carbons (Fsp3) is 0.0769. The Balaban J connectivity index is 2.07. The molecule has 0 bridgehead atoms. The molecule has 2 nitrogen and oxygen atoms in total. The minimum atomic E-state index is -0.294. The molecule has 0 aliphatic heterocycles. The van der Waals surface area contributed by atoms with Crippen LogP contribution in [-0.2, 0) is 6.61 Å². The van der Waals surface area contributed by atoms with Crippen molar-refractivity contribution in [2.24, 2.45) is 0 Å². The fourth-order valence-corrected chi connectivity index (χ4v) is 1.84. The van der Waals surface area contributed by atoms with Crippen molar-refractivity contribution in [3.8, 4) is 11.5 Å². The Morgan fingerprint density at radius 2 is 2.00 bits per heavy atom. The van der Waals surface area contributed by atoms with Gasteiger partial charge in [0.15, 0.2) is 0 Å². The predicted octanol–water partition coefficient (Wildman–Crippen LogP) is 3.87. The van der Waals surface area contributed by atoms with Crippen LogP contribution in [0.4, 0.5) is 4.39 Å². The van der Waals surface area contributed by atoms with Crippen LogP contribution < -0.4 is 4.74 Å². The van der Waals surface area contributed by atoms with Gasteiger partial charge in [-0.05, 0) is 24.3 Å². The summed E-state index contributed by atoms with van der Waals surface area (Å²) in [4.78, 5) is 0. The Morgan fingerprint density at radius 3 is 2.71 bits per heavy atom. The van der Waals surface area contributed by atoms with Crippen LogP contribution in [-0.4, -0.2) is 5.11 Å². The number of rotatable bonds is 3. The first-order valence-corrected chi connectivity index (χ1v) is 5.80. The highest BCUT2D eigenvalue weighted by atomic mass is 79.9. The summed E-state index contributed by atoms with van der Waals surface area (Å²) in [6, 6.07) is 11.0. The molecule has 88 valence electrons. The Kier molecular flexibility index (Phi) is 3.64. The van der Waals surface area contributed by atoms with Crippen molar-refractivity contribution >= 4 is 15.9 Å². The molecular formula is C13H10BrFO2. The predicted molar refractivity (Wildman–Crippen MR) is 66.5 cm³/mol. The summed E-state index contributed by atoms with van der Waals surface area (Å²) < 4.78 is 19.0. The first kappa shape index (κ1) is 11.9. The van der Waals surface area contributed by atoms with Gasteiger partial charge in [-0.3, -0.25) is 0 Å². The molecule has 0 spiro atoms. The van der Waals surface area contributed by atoms with Crippen molar-refractivity contribution in [3.05, 3.63) is 58.3 Å². The van der Waals surface area contributed by atoms with E-state index >= 15 is 0 Å². The SMILES string of the molecule is Oc1cccc(OCc2ccc(F)cc2Br)c1. The molecule has 2 aromatic rings. The lowest BCUT2D eigenvalue weighted by Crippen LogP contribution is -1.96. The van der Waals surface area contributed by atoms with E-state index in [0.29, 0.717) is 16.8 Å². The third kappa shape index (κ3) is 3.20. The third-order valence-corrected chi connectivity index (χ3v) is 2.97. The summed E-state index contributed by atoms with van der Waals surface area (Å²) in [5.41, 5.74) is 0.842. The van der Waals surface area contributed by atoms with Gasteiger partial charge >= 0.3 is 0 Å². The van der Waals surface area contributed by atoms with E-state index in [9.17, 15) is 9.50 Å². The second kappa shape index (κ2) is 5.19. The number of phenols is 1. The highest BCUT2D eigenvalue weighted by Crippen LogP contribution is 2.22. The van der Waals surface area contributed by atoms with E-state index in [1.54, 1.807) is 24.3 Å². The van der Waals surface area contributed by atoms with Crippen LogP contribution in [0.5, 0.6) is 11.5 Å². The molecule has 2 aromatic carbocycles. The Bertz CT molecular complexity index is 529. The Morgan fingerprint density at radius 1 is 1.18 bits per heavy atom. The molecular weight excluding hydrogens is 287 g/mol. The summed E-state index contributed by atoms with van der Waals surface area (Å²) in [7, 11) is 0. The largest absolute Gasteiger partial charge is 0.508 e. The lowest BCUT2D eigenvalue weighted by Gasteiger charge is -2.08. The molecule has 2 rings (SSSR count). The summed E-state index contributed by atoms with van der Waals surface area (Å²) in [5.74, 6) is 0.430. The van der Waals surface area contributed by atoms with Gasteiger partial charge in [0, 0.05) is 16.1 Å². The molecule has 0 radical (unpaired) electrons. The van der Waals surface area contributed by atoms with Crippen molar-refractivity contribution in [2.75, 3.05) is 0 Å². The summed E-state index contributed by atoms with van der Waals surface area (Å²) in [5, 5.41) is 9.26. The summed E-state index contributed by atoms with van der Waals surface area (Å²) in [6.07, 6.45) is 0. The molecule has 0 saturated carbocycles. The highest BCUT2D eigenvalue weighted by Gasteiger charge is 2.03. The number of benzene rings is 2. The smallest absolute Gasteiger partial charge is 0.124 e. The molecule has 0 aliphatic carbocycles. The molecule has 0 fully saturated rings. The molecule has 0 saturated heterocycles. The van der Waals surface area contributed by atoms with E-state index in [2.05, 4.69) is 15.9 Å². The van der Waals surface area contributed by atoms with Gasteiger partial charge in [-0.2, -0.15) is 0 Å². The van der Waals surface area contributed by atoms with Crippen LogP contribution in [0.25, 0.3) is 0 Å². The van der Waals surface area contributed by atoms with Gasteiger partial charge in [0.2, 0.25) is 0 Å². The number of phenolic OH excluding ortho intramolecular Hbond substituents is 1.